The highest BCUT2D eigenvalue weighted by Crippen LogP contribution is 2.22. The summed E-state index contributed by atoms with van der Waals surface area (Å²) in [6.45, 7) is 4.16. The van der Waals surface area contributed by atoms with Crippen LogP contribution >= 0.6 is 15.9 Å². The third kappa shape index (κ3) is 4.58. The number of amides is 1. The lowest BCUT2D eigenvalue weighted by atomic mass is 10.00. The second-order valence-corrected chi connectivity index (χ2v) is 5.97. The second-order valence-electron chi connectivity index (χ2n) is 5.05. The summed E-state index contributed by atoms with van der Waals surface area (Å²) in [6.07, 6.45) is 2.47. The van der Waals surface area contributed by atoms with E-state index in [-0.39, 0.29) is 5.91 Å². The van der Waals surface area contributed by atoms with Crippen LogP contribution in [0.4, 0.5) is 5.69 Å². The molecule has 20 heavy (non-hydrogen) atoms. The molecule has 1 aromatic rings. The first kappa shape index (κ1) is 15.5. The number of carbonyl (C=O) groups is 1. The van der Waals surface area contributed by atoms with E-state index in [9.17, 15) is 4.79 Å². The second kappa shape index (κ2) is 7.76. The molecule has 2 N–H and O–H groups in total. The van der Waals surface area contributed by atoms with Crippen LogP contribution in [-0.2, 0) is 9.53 Å². The number of nitrogens with one attached hydrogen (secondary N) is 2. The molecule has 0 radical (unpaired) electrons. The lowest BCUT2D eigenvalue weighted by Crippen LogP contribution is -2.34. The molecular formula is C15H21BrN2O2. The third-order valence-corrected chi connectivity index (χ3v) is 4.10. The number of ether oxygens (including phenoxy) is 1. The molecule has 0 bridgehead atoms. The van der Waals surface area contributed by atoms with Gasteiger partial charge in [0.15, 0.2) is 0 Å². The van der Waals surface area contributed by atoms with Gasteiger partial charge in [-0.3, -0.25) is 4.79 Å². The van der Waals surface area contributed by atoms with Crippen LogP contribution in [0.1, 0.15) is 19.8 Å². The predicted molar refractivity (Wildman–Crippen MR) is 83.8 cm³/mol. The Kier molecular flexibility index (Phi) is 6.01. The molecule has 0 aromatic heterocycles. The molecule has 1 amide bonds. The average molecular weight is 341 g/mol. The van der Waals surface area contributed by atoms with Gasteiger partial charge in [-0.1, -0.05) is 22.9 Å². The Morgan fingerprint density at radius 2 is 2.15 bits per heavy atom. The maximum atomic E-state index is 11.8. The van der Waals surface area contributed by atoms with E-state index in [0.717, 1.165) is 36.2 Å². The van der Waals surface area contributed by atoms with Crippen LogP contribution in [0, 0.1) is 5.92 Å². The van der Waals surface area contributed by atoms with Gasteiger partial charge in [-0.2, -0.15) is 0 Å². The van der Waals surface area contributed by atoms with Crippen molar-refractivity contribution < 1.29 is 9.53 Å². The van der Waals surface area contributed by atoms with Crippen LogP contribution in [0.25, 0.3) is 0 Å². The molecule has 1 aliphatic heterocycles. The van der Waals surface area contributed by atoms with Crippen LogP contribution in [0.2, 0.25) is 0 Å². The van der Waals surface area contributed by atoms with Crippen LogP contribution < -0.4 is 10.6 Å². The van der Waals surface area contributed by atoms with Gasteiger partial charge in [-0.15, -0.1) is 0 Å². The number of rotatable bonds is 6. The van der Waals surface area contributed by atoms with Crippen LogP contribution in [0.3, 0.4) is 0 Å². The number of hydrogen-bond acceptors (Lipinski definition) is 3. The van der Waals surface area contributed by atoms with Gasteiger partial charge in [-0.05, 0) is 43.0 Å². The van der Waals surface area contributed by atoms with Crippen molar-refractivity contribution in [3.05, 3.63) is 28.7 Å². The Hall–Kier alpha value is -0.910. The molecule has 4 nitrogen and oxygen atoms in total. The minimum atomic E-state index is -0.0145. The summed E-state index contributed by atoms with van der Waals surface area (Å²) in [4.78, 5) is 11.8. The monoisotopic (exact) mass is 340 g/mol. The smallest absolute Gasteiger partial charge is 0.238 e. The van der Waals surface area contributed by atoms with E-state index in [1.54, 1.807) is 0 Å². The van der Waals surface area contributed by atoms with Gasteiger partial charge < -0.3 is 15.4 Å². The highest BCUT2D eigenvalue weighted by Gasteiger charge is 2.26. The zero-order valence-electron chi connectivity index (χ0n) is 11.7. The molecule has 2 rings (SSSR count). The van der Waals surface area contributed by atoms with Crippen molar-refractivity contribution in [2.24, 2.45) is 5.92 Å². The molecule has 1 heterocycles. The van der Waals surface area contributed by atoms with Gasteiger partial charge in [0, 0.05) is 23.3 Å². The molecule has 110 valence electrons. The normalized spacial score (nSPS) is 21.9. The maximum Gasteiger partial charge on any atom is 0.238 e. The highest BCUT2D eigenvalue weighted by molar-refractivity contribution is 9.10. The Morgan fingerprint density at radius 3 is 2.85 bits per heavy atom. The van der Waals surface area contributed by atoms with Crippen LogP contribution in [-0.4, -0.2) is 31.7 Å². The fraction of sp³-hybridized carbons (Fsp3) is 0.533. The number of halogens is 1. The highest BCUT2D eigenvalue weighted by atomic mass is 79.9. The predicted octanol–water partition coefficient (Wildman–Crippen LogP) is 2.79. The molecule has 1 aliphatic rings. The van der Waals surface area contributed by atoms with E-state index in [1.165, 1.54) is 0 Å². The SMILES string of the molecule is CCC1OCCC1CNCC(=O)Nc1ccc(Br)cc1. The Labute approximate surface area is 128 Å². The maximum absolute atomic E-state index is 11.8. The fourth-order valence-corrected chi connectivity index (χ4v) is 2.75. The van der Waals surface area contributed by atoms with Gasteiger partial charge in [0.25, 0.3) is 0 Å². The molecule has 5 heteroatoms. The van der Waals surface area contributed by atoms with E-state index >= 15 is 0 Å². The minimum Gasteiger partial charge on any atom is -0.378 e. The Balaban J connectivity index is 1.69. The summed E-state index contributed by atoms with van der Waals surface area (Å²) >= 11 is 3.37. The summed E-state index contributed by atoms with van der Waals surface area (Å²) in [5.74, 6) is 0.514. The summed E-state index contributed by atoms with van der Waals surface area (Å²) in [7, 11) is 0. The molecule has 2 unspecified atom stereocenters. The average Bonchev–Trinajstić information content (AvgIpc) is 2.89. The van der Waals surface area contributed by atoms with E-state index in [4.69, 9.17) is 4.74 Å². The van der Waals surface area contributed by atoms with Gasteiger partial charge in [0.1, 0.15) is 0 Å². The van der Waals surface area contributed by atoms with Crippen molar-refractivity contribution >= 4 is 27.5 Å². The first-order valence-electron chi connectivity index (χ1n) is 7.06. The lowest BCUT2D eigenvalue weighted by Gasteiger charge is -2.17. The minimum absolute atomic E-state index is 0.0145. The molecule has 1 saturated heterocycles. The Bertz CT molecular complexity index is 436. The van der Waals surface area contributed by atoms with Gasteiger partial charge in [0.05, 0.1) is 12.6 Å². The molecule has 0 spiro atoms. The first-order valence-corrected chi connectivity index (χ1v) is 7.86. The number of benzene rings is 1. The van der Waals surface area contributed by atoms with E-state index in [0.29, 0.717) is 18.6 Å². The number of anilines is 1. The van der Waals surface area contributed by atoms with Crippen molar-refractivity contribution in [3.63, 3.8) is 0 Å². The van der Waals surface area contributed by atoms with Gasteiger partial charge in [0.2, 0.25) is 5.91 Å². The Morgan fingerprint density at radius 1 is 1.40 bits per heavy atom. The number of carbonyl (C=O) groups excluding carboxylic acids is 1. The lowest BCUT2D eigenvalue weighted by molar-refractivity contribution is -0.115. The quantitative estimate of drug-likeness (QED) is 0.837. The summed E-state index contributed by atoms with van der Waals surface area (Å²) < 4.78 is 6.63. The summed E-state index contributed by atoms with van der Waals surface area (Å²) in [6, 6.07) is 7.56. The van der Waals surface area contributed by atoms with Crippen molar-refractivity contribution in [1.82, 2.24) is 5.32 Å². The molecule has 2 atom stereocenters. The summed E-state index contributed by atoms with van der Waals surface area (Å²) in [5, 5.41) is 6.09. The van der Waals surface area contributed by atoms with E-state index in [2.05, 4.69) is 33.5 Å². The van der Waals surface area contributed by atoms with Crippen molar-refractivity contribution in [3.8, 4) is 0 Å². The largest absolute Gasteiger partial charge is 0.378 e. The van der Waals surface area contributed by atoms with E-state index in [1.807, 2.05) is 24.3 Å². The molecule has 0 saturated carbocycles. The zero-order chi connectivity index (χ0) is 14.4. The van der Waals surface area contributed by atoms with Gasteiger partial charge >= 0.3 is 0 Å². The number of hydrogen-bond donors (Lipinski definition) is 2. The van der Waals surface area contributed by atoms with E-state index < -0.39 is 0 Å². The molecule has 1 aromatic carbocycles. The van der Waals surface area contributed by atoms with Crippen molar-refractivity contribution in [2.45, 2.75) is 25.9 Å². The molecule has 1 fully saturated rings. The van der Waals surface area contributed by atoms with Gasteiger partial charge in [-0.25, -0.2) is 0 Å². The van der Waals surface area contributed by atoms with Crippen molar-refractivity contribution in [1.29, 1.82) is 0 Å². The first-order chi connectivity index (χ1) is 9.69. The summed E-state index contributed by atoms with van der Waals surface area (Å²) in [5.41, 5.74) is 0.815. The van der Waals surface area contributed by atoms with Crippen LogP contribution in [0.5, 0.6) is 0 Å². The molecule has 0 aliphatic carbocycles. The molecular weight excluding hydrogens is 320 g/mol. The van der Waals surface area contributed by atoms with Crippen LogP contribution in [0.15, 0.2) is 28.7 Å². The fourth-order valence-electron chi connectivity index (χ4n) is 2.49. The topological polar surface area (TPSA) is 50.4 Å². The standard InChI is InChI=1S/C15H21BrN2O2/c1-2-14-11(7-8-20-14)9-17-10-15(19)18-13-5-3-12(16)4-6-13/h3-6,11,14,17H,2,7-10H2,1H3,(H,18,19). The third-order valence-electron chi connectivity index (χ3n) is 3.57. The zero-order valence-corrected chi connectivity index (χ0v) is 13.3. The van der Waals surface area contributed by atoms with Crippen molar-refractivity contribution in [2.75, 3.05) is 25.0 Å².